The number of aryl methyl sites for hydroxylation is 1. The predicted molar refractivity (Wildman–Crippen MR) is 66.1 cm³/mol. The van der Waals surface area contributed by atoms with E-state index < -0.39 is 0 Å². The average molecular weight is 253 g/mol. The Morgan fingerprint density at radius 3 is 2.71 bits per heavy atom. The van der Waals surface area contributed by atoms with E-state index in [4.69, 9.17) is 21.4 Å². The Hall–Kier alpha value is -1.52. The Morgan fingerprint density at radius 1 is 1.41 bits per heavy atom. The van der Waals surface area contributed by atoms with Crippen molar-refractivity contribution in [1.29, 1.82) is 0 Å². The van der Waals surface area contributed by atoms with Gasteiger partial charge in [0.1, 0.15) is 5.75 Å². The Labute approximate surface area is 104 Å². The summed E-state index contributed by atoms with van der Waals surface area (Å²) >= 11 is 6.07. The van der Waals surface area contributed by atoms with Crippen LogP contribution >= 0.6 is 11.6 Å². The first-order chi connectivity index (χ1) is 8.15. The minimum absolute atomic E-state index is 0.0717. The normalized spacial score (nSPS) is 10.6. The summed E-state index contributed by atoms with van der Waals surface area (Å²) in [4.78, 5) is 0. The molecule has 0 atom stereocenters. The van der Waals surface area contributed by atoms with Crippen LogP contribution in [0, 0.1) is 0 Å². The molecule has 5 heteroatoms. The van der Waals surface area contributed by atoms with Crippen LogP contribution in [0.4, 0.5) is 0 Å². The molecule has 2 aromatic rings. The van der Waals surface area contributed by atoms with Crippen LogP contribution in [0.1, 0.15) is 5.69 Å². The number of aromatic nitrogens is 2. The Morgan fingerprint density at radius 2 is 2.18 bits per heavy atom. The quantitative estimate of drug-likeness (QED) is 0.911. The molecule has 0 aliphatic carbocycles. The summed E-state index contributed by atoms with van der Waals surface area (Å²) < 4.78 is 6.81. The van der Waals surface area contributed by atoms with Crippen molar-refractivity contribution >= 4 is 11.6 Å². The summed E-state index contributed by atoms with van der Waals surface area (Å²) in [5, 5.41) is 13.8. The first-order valence-electron chi connectivity index (χ1n) is 5.13. The molecule has 1 N–H and O–H groups in total. The van der Waals surface area contributed by atoms with Crippen molar-refractivity contribution < 1.29 is 9.84 Å². The maximum absolute atomic E-state index is 9.04. The highest BCUT2D eigenvalue weighted by molar-refractivity contribution is 6.32. The molecular formula is C12H13ClN2O2. The lowest BCUT2D eigenvalue weighted by atomic mass is 10.1. The molecule has 2 rings (SSSR count). The van der Waals surface area contributed by atoms with Gasteiger partial charge in [0, 0.05) is 12.6 Å². The third-order valence-corrected chi connectivity index (χ3v) is 2.84. The van der Waals surface area contributed by atoms with E-state index in [2.05, 4.69) is 5.10 Å². The molecular weight excluding hydrogens is 240 g/mol. The fourth-order valence-corrected chi connectivity index (χ4v) is 1.96. The van der Waals surface area contributed by atoms with E-state index in [0.29, 0.717) is 16.5 Å². The van der Waals surface area contributed by atoms with Gasteiger partial charge in [0.2, 0.25) is 0 Å². The van der Waals surface area contributed by atoms with E-state index in [1.54, 1.807) is 11.8 Å². The van der Waals surface area contributed by atoms with Crippen molar-refractivity contribution in [2.45, 2.75) is 6.61 Å². The lowest BCUT2D eigenvalue weighted by molar-refractivity contribution is 0.275. The highest BCUT2D eigenvalue weighted by atomic mass is 35.5. The van der Waals surface area contributed by atoms with Gasteiger partial charge < -0.3 is 9.84 Å². The van der Waals surface area contributed by atoms with Crippen LogP contribution in [0.3, 0.4) is 0 Å². The van der Waals surface area contributed by atoms with E-state index in [1.165, 1.54) is 0 Å². The Balaban J connectivity index is 2.45. The molecule has 1 aromatic carbocycles. The average Bonchev–Trinajstić information content (AvgIpc) is 2.70. The van der Waals surface area contributed by atoms with Gasteiger partial charge in [-0.1, -0.05) is 11.6 Å². The van der Waals surface area contributed by atoms with Crippen LogP contribution in [0.15, 0.2) is 24.3 Å². The van der Waals surface area contributed by atoms with E-state index in [-0.39, 0.29) is 6.61 Å². The number of methoxy groups -OCH3 is 1. The molecule has 4 nitrogen and oxygen atoms in total. The first kappa shape index (κ1) is 12.0. The number of rotatable bonds is 3. The Kier molecular flexibility index (Phi) is 3.36. The van der Waals surface area contributed by atoms with Gasteiger partial charge in [-0.3, -0.25) is 4.68 Å². The third kappa shape index (κ3) is 2.28. The van der Waals surface area contributed by atoms with Crippen LogP contribution in [0.25, 0.3) is 11.3 Å². The number of hydrogen-bond donors (Lipinski definition) is 1. The van der Waals surface area contributed by atoms with Gasteiger partial charge in [0.05, 0.1) is 30.1 Å². The number of hydrogen-bond acceptors (Lipinski definition) is 3. The summed E-state index contributed by atoms with van der Waals surface area (Å²) in [6.07, 6.45) is 0. The highest BCUT2D eigenvalue weighted by Crippen LogP contribution is 2.30. The number of benzene rings is 1. The molecule has 0 spiro atoms. The third-order valence-electron chi connectivity index (χ3n) is 2.54. The summed E-state index contributed by atoms with van der Waals surface area (Å²) in [6.45, 7) is -0.0717. The van der Waals surface area contributed by atoms with Gasteiger partial charge in [0.25, 0.3) is 0 Å². The lowest BCUT2D eigenvalue weighted by Gasteiger charge is -2.06. The van der Waals surface area contributed by atoms with E-state index >= 15 is 0 Å². The summed E-state index contributed by atoms with van der Waals surface area (Å²) in [6, 6.07) is 7.36. The van der Waals surface area contributed by atoms with E-state index in [9.17, 15) is 0 Å². The monoisotopic (exact) mass is 252 g/mol. The van der Waals surface area contributed by atoms with Crippen molar-refractivity contribution in [2.75, 3.05) is 7.11 Å². The standard InChI is InChI=1S/C12H13ClN2O2/c1-15-11(6-9(7-16)14-15)8-3-4-12(17-2)10(13)5-8/h3-6,16H,7H2,1-2H3. The minimum Gasteiger partial charge on any atom is -0.495 e. The van der Waals surface area contributed by atoms with E-state index in [0.717, 1.165) is 11.3 Å². The maximum atomic E-state index is 9.04. The predicted octanol–water partition coefficient (Wildman–Crippen LogP) is 2.24. The van der Waals surface area contributed by atoms with Crippen molar-refractivity contribution in [3.63, 3.8) is 0 Å². The molecule has 0 aliphatic rings. The molecule has 0 amide bonds. The smallest absolute Gasteiger partial charge is 0.137 e. The van der Waals surface area contributed by atoms with Gasteiger partial charge in [-0.05, 0) is 24.3 Å². The molecule has 0 bridgehead atoms. The number of nitrogens with zero attached hydrogens (tertiary/aromatic N) is 2. The number of aliphatic hydroxyl groups is 1. The molecule has 0 radical (unpaired) electrons. The van der Waals surface area contributed by atoms with Gasteiger partial charge >= 0.3 is 0 Å². The van der Waals surface area contributed by atoms with Gasteiger partial charge in [-0.15, -0.1) is 0 Å². The van der Waals surface area contributed by atoms with Gasteiger partial charge in [-0.25, -0.2) is 0 Å². The first-order valence-corrected chi connectivity index (χ1v) is 5.51. The molecule has 0 saturated heterocycles. The summed E-state index contributed by atoms with van der Waals surface area (Å²) in [5.74, 6) is 0.639. The van der Waals surface area contributed by atoms with Gasteiger partial charge in [0.15, 0.2) is 0 Å². The second-order valence-electron chi connectivity index (χ2n) is 3.65. The lowest BCUT2D eigenvalue weighted by Crippen LogP contribution is -1.95. The van der Waals surface area contributed by atoms with Crippen LogP contribution in [-0.2, 0) is 13.7 Å². The minimum atomic E-state index is -0.0717. The van der Waals surface area contributed by atoms with Crippen molar-refractivity contribution in [2.24, 2.45) is 7.05 Å². The summed E-state index contributed by atoms with van der Waals surface area (Å²) in [5.41, 5.74) is 2.47. The second kappa shape index (κ2) is 4.77. The second-order valence-corrected chi connectivity index (χ2v) is 4.06. The molecule has 0 fully saturated rings. The van der Waals surface area contributed by atoms with Crippen LogP contribution < -0.4 is 4.74 Å². The largest absolute Gasteiger partial charge is 0.495 e. The number of ether oxygens (including phenoxy) is 1. The topological polar surface area (TPSA) is 47.3 Å². The molecule has 0 saturated carbocycles. The van der Waals surface area contributed by atoms with Crippen molar-refractivity contribution in [1.82, 2.24) is 9.78 Å². The molecule has 1 aromatic heterocycles. The van der Waals surface area contributed by atoms with Crippen LogP contribution in [-0.4, -0.2) is 22.0 Å². The maximum Gasteiger partial charge on any atom is 0.137 e. The highest BCUT2D eigenvalue weighted by Gasteiger charge is 2.09. The zero-order valence-electron chi connectivity index (χ0n) is 9.64. The zero-order valence-corrected chi connectivity index (χ0v) is 10.4. The molecule has 90 valence electrons. The molecule has 1 heterocycles. The van der Waals surface area contributed by atoms with Crippen molar-refractivity contribution in [3.8, 4) is 17.0 Å². The fraction of sp³-hybridized carbons (Fsp3) is 0.250. The van der Waals surface area contributed by atoms with Crippen molar-refractivity contribution in [3.05, 3.63) is 35.0 Å². The van der Waals surface area contributed by atoms with Crippen LogP contribution in [0.2, 0.25) is 5.02 Å². The molecule has 0 aliphatic heterocycles. The zero-order chi connectivity index (χ0) is 12.4. The number of aliphatic hydroxyl groups excluding tert-OH is 1. The van der Waals surface area contributed by atoms with E-state index in [1.807, 2.05) is 31.3 Å². The SMILES string of the molecule is COc1ccc(-c2cc(CO)nn2C)cc1Cl. The fourth-order valence-electron chi connectivity index (χ4n) is 1.70. The number of halogens is 1. The van der Waals surface area contributed by atoms with Crippen LogP contribution in [0.5, 0.6) is 5.75 Å². The summed E-state index contributed by atoms with van der Waals surface area (Å²) in [7, 11) is 3.40. The Bertz CT molecular complexity index is 537. The molecule has 0 unspecified atom stereocenters. The molecule has 17 heavy (non-hydrogen) atoms. The van der Waals surface area contributed by atoms with Gasteiger partial charge in [-0.2, -0.15) is 5.10 Å².